The maximum atomic E-state index is 12.5. The fourth-order valence-electron chi connectivity index (χ4n) is 2.91. The summed E-state index contributed by atoms with van der Waals surface area (Å²) in [6, 6.07) is 11.6. The first-order valence-corrected chi connectivity index (χ1v) is 9.15. The van der Waals surface area contributed by atoms with E-state index in [1.165, 1.54) is 12.1 Å². The number of fused-ring (bicyclic) bond motifs is 1. The number of rotatable bonds is 3. The molecule has 0 saturated carbocycles. The Morgan fingerprint density at radius 3 is 2.42 bits per heavy atom. The molecule has 4 N–H and O–H groups in total. The third-order valence-electron chi connectivity index (χ3n) is 3.92. The molecule has 1 aliphatic rings. The highest BCUT2D eigenvalue weighted by atomic mass is 32.2. The van der Waals surface area contributed by atoms with Crippen LogP contribution in [0.1, 0.15) is 26.3 Å². The van der Waals surface area contributed by atoms with Crippen molar-refractivity contribution in [2.45, 2.75) is 31.2 Å². The van der Waals surface area contributed by atoms with Gasteiger partial charge in [0.25, 0.3) is 10.0 Å². The smallest absolute Gasteiger partial charge is 0.261 e. The summed E-state index contributed by atoms with van der Waals surface area (Å²) in [6.07, 6.45) is 2.13. The lowest BCUT2D eigenvalue weighted by Crippen LogP contribution is -2.31. The van der Waals surface area contributed by atoms with Gasteiger partial charge in [0.15, 0.2) is 0 Å². The monoisotopic (exact) mass is 343 g/mol. The molecule has 3 rings (SSSR count). The van der Waals surface area contributed by atoms with Gasteiger partial charge in [-0.15, -0.1) is 0 Å². The molecule has 0 bridgehead atoms. The van der Waals surface area contributed by atoms with Crippen molar-refractivity contribution in [2.75, 3.05) is 15.8 Å². The summed E-state index contributed by atoms with van der Waals surface area (Å²) in [5, 5.41) is 3.43. The van der Waals surface area contributed by atoms with E-state index in [1.807, 2.05) is 19.1 Å². The third-order valence-corrected chi connectivity index (χ3v) is 5.32. The molecule has 0 saturated heterocycles. The summed E-state index contributed by atoms with van der Waals surface area (Å²) >= 11 is 0. The first-order chi connectivity index (χ1) is 11.2. The predicted molar refractivity (Wildman–Crippen MR) is 99.5 cm³/mol. The van der Waals surface area contributed by atoms with Crippen molar-refractivity contribution in [3.8, 4) is 0 Å². The van der Waals surface area contributed by atoms with Crippen LogP contribution in [0.3, 0.4) is 0 Å². The molecule has 0 atom stereocenters. The molecule has 0 radical (unpaired) electrons. The molecule has 0 amide bonds. The minimum absolute atomic E-state index is 0.123. The van der Waals surface area contributed by atoms with Crippen LogP contribution in [0.4, 0.5) is 17.1 Å². The molecule has 2 aromatic rings. The van der Waals surface area contributed by atoms with Crippen LogP contribution in [0.2, 0.25) is 0 Å². The molecule has 2 aromatic carbocycles. The average Bonchev–Trinajstić information content (AvgIpc) is 2.47. The van der Waals surface area contributed by atoms with Gasteiger partial charge in [0.2, 0.25) is 0 Å². The minimum Gasteiger partial charge on any atom is -0.399 e. The molecule has 1 heterocycles. The summed E-state index contributed by atoms with van der Waals surface area (Å²) < 4.78 is 27.6. The third kappa shape index (κ3) is 3.23. The summed E-state index contributed by atoms with van der Waals surface area (Å²) in [5.41, 5.74) is 9.64. The molecule has 0 unspecified atom stereocenters. The van der Waals surface area contributed by atoms with Crippen molar-refractivity contribution in [1.82, 2.24) is 0 Å². The minimum atomic E-state index is -3.64. The Kier molecular flexibility index (Phi) is 3.80. The molecule has 0 spiro atoms. The van der Waals surface area contributed by atoms with Crippen LogP contribution in [0.15, 0.2) is 53.4 Å². The Bertz CT molecular complexity index is 914. The van der Waals surface area contributed by atoms with E-state index in [-0.39, 0.29) is 10.4 Å². The average molecular weight is 343 g/mol. The lowest BCUT2D eigenvalue weighted by molar-refractivity contribution is 0.601. The van der Waals surface area contributed by atoms with Gasteiger partial charge in [-0.2, -0.15) is 0 Å². The highest BCUT2D eigenvalue weighted by Crippen LogP contribution is 2.35. The first-order valence-electron chi connectivity index (χ1n) is 7.67. The van der Waals surface area contributed by atoms with Crippen LogP contribution in [0.5, 0.6) is 0 Å². The van der Waals surface area contributed by atoms with Gasteiger partial charge >= 0.3 is 0 Å². The van der Waals surface area contributed by atoms with Crippen LogP contribution >= 0.6 is 0 Å². The number of anilines is 3. The molecular formula is C18H21N3O2S. The zero-order valence-electron chi connectivity index (χ0n) is 13.9. The van der Waals surface area contributed by atoms with E-state index in [9.17, 15) is 8.42 Å². The lowest BCUT2D eigenvalue weighted by atomic mass is 9.91. The normalized spacial score (nSPS) is 15.9. The summed E-state index contributed by atoms with van der Waals surface area (Å²) in [6.45, 7) is 6.22. The molecule has 6 heteroatoms. The second kappa shape index (κ2) is 5.56. The fraction of sp³-hybridized carbons (Fsp3) is 0.222. The van der Waals surface area contributed by atoms with E-state index >= 15 is 0 Å². The van der Waals surface area contributed by atoms with Gasteiger partial charge in [-0.05, 0) is 68.8 Å². The van der Waals surface area contributed by atoms with Crippen LogP contribution in [0.25, 0.3) is 5.57 Å². The molecule has 126 valence electrons. The zero-order chi connectivity index (χ0) is 17.5. The van der Waals surface area contributed by atoms with Crippen LogP contribution in [-0.2, 0) is 10.0 Å². The number of sulfonamides is 1. The van der Waals surface area contributed by atoms with Crippen molar-refractivity contribution >= 4 is 32.7 Å². The maximum absolute atomic E-state index is 12.5. The van der Waals surface area contributed by atoms with E-state index in [0.29, 0.717) is 11.4 Å². The second-order valence-corrected chi connectivity index (χ2v) is 8.29. The van der Waals surface area contributed by atoms with E-state index in [1.54, 1.807) is 18.2 Å². The van der Waals surface area contributed by atoms with Gasteiger partial charge in [-0.3, -0.25) is 4.72 Å². The lowest BCUT2D eigenvalue weighted by Gasteiger charge is -2.31. The molecule has 1 aliphatic heterocycles. The summed E-state index contributed by atoms with van der Waals surface area (Å²) in [4.78, 5) is 0.181. The largest absolute Gasteiger partial charge is 0.399 e. The van der Waals surface area contributed by atoms with Gasteiger partial charge in [-0.25, -0.2) is 8.42 Å². The topological polar surface area (TPSA) is 84.2 Å². The Balaban J connectivity index is 1.92. The second-order valence-electron chi connectivity index (χ2n) is 6.61. The van der Waals surface area contributed by atoms with E-state index < -0.39 is 10.0 Å². The Morgan fingerprint density at radius 2 is 1.75 bits per heavy atom. The summed E-state index contributed by atoms with van der Waals surface area (Å²) in [5.74, 6) is 0. The van der Waals surface area contributed by atoms with Crippen molar-refractivity contribution in [1.29, 1.82) is 0 Å². The van der Waals surface area contributed by atoms with Crippen LogP contribution in [0, 0.1) is 0 Å². The number of hydrogen-bond acceptors (Lipinski definition) is 4. The molecule has 5 nitrogen and oxygen atoms in total. The van der Waals surface area contributed by atoms with Gasteiger partial charge in [0, 0.05) is 22.6 Å². The zero-order valence-corrected chi connectivity index (χ0v) is 14.7. The van der Waals surface area contributed by atoms with Crippen LogP contribution in [-0.4, -0.2) is 14.0 Å². The van der Waals surface area contributed by atoms with E-state index in [4.69, 9.17) is 5.73 Å². The number of benzene rings is 2. The molecule has 0 fully saturated rings. The van der Waals surface area contributed by atoms with E-state index in [2.05, 4.69) is 30.0 Å². The van der Waals surface area contributed by atoms with Gasteiger partial charge < -0.3 is 11.1 Å². The van der Waals surface area contributed by atoms with Gasteiger partial charge in [0.1, 0.15) is 0 Å². The number of nitrogens with two attached hydrogens (primary N) is 1. The molecule has 0 aliphatic carbocycles. The first kappa shape index (κ1) is 16.4. The molecule has 0 aromatic heterocycles. The predicted octanol–water partition coefficient (Wildman–Crippen LogP) is 3.68. The highest BCUT2D eigenvalue weighted by Gasteiger charge is 2.23. The van der Waals surface area contributed by atoms with Gasteiger partial charge in [0.05, 0.1) is 10.4 Å². The van der Waals surface area contributed by atoms with E-state index in [0.717, 1.165) is 16.8 Å². The summed E-state index contributed by atoms with van der Waals surface area (Å²) in [7, 11) is -3.64. The number of nitrogens with one attached hydrogen (secondary N) is 2. The van der Waals surface area contributed by atoms with Crippen molar-refractivity contribution < 1.29 is 8.42 Å². The van der Waals surface area contributed by atoms with Crippen molar-refractivity contribution in [3.63, 3.8) is 0 Å². The Hall–Kier alpha value is -2.47. The van der Waals surface area contributed by atoms with Gasteiger partial charge in [-0.1, -0.05) is 6.08 Å². The van der Waals surface area contributed by atoms with Crippen LogP contribution < -0.4 is 15.8 Å². The standard InChI is InChI=1S/C18H21N3O2S/c1-12-11-18(2,3)20-17-9-6-14(10-16(12)17)21-24(22,23)15-7-4-13(19)5-8-15/h4-11,20-21H,19H2,1-3H3. The SMILES string of the molecule is CC1=CC(C)(C)Nc2ccc(NS(=O)(=O)c3ccc(N)cc3)cc21. The van der Waals surface area contributed by atoms with Crippen molar-refractivity contribution in [3.05, 3.63) is 54.1 Å². The number of allylic oxidation sites excluding steroid dienone is 1. The highest BCUT2D eigenvalue weighted by molar-refractivity contribution is 7.92. The quantitative estimate of drug-likeness (QED) is 0.742. The Morgan fingerprint density at radius 1 is 1.08 bits per heavy atom. The molecule has 24 heavy (non-hydrogen) atoms. The maximum Gasteiger partial charge on any atom is 0.261 e. The fourth-order valence-corrected chi connectivity index (χ4v) is 3.96. The number of hydrogen-bond donors (Lipinski definition) is 3. The van der Waals surface area contributed by atoms with Crippen molar-refractivity contribution in [2.24, 2.45) is 0 Å². The number of nitrogen functional groups attached to an aromatic ring is 1. The Labute approximate surface area is 142 Å². The molecular weight excluding hydrogens is 322 g/mol.